The van der Waals surface area contributed by atoms with Gasteiger partial charge < -0.3 is 10.6 Å². The fourth-order valence-electron chi connectivity index (χ4n) is 3.09. The van der Waals surface area contributed by atoms with Crippen LogP contribution in [-0.4, -0.2) is 36.5 Å². The van der Waals surface area contributed by atoms with Gasteiger partial charge in [0, 0.05) is 17.7 Å². The minimum atomic E-state index is 0.274. The smallest absolute Gasteiger partial charge is 0.220 e. The average molecular weight is 270 g/mol. The zero-order valence-electron chi connectivity index (χ0n) is 11.4. The largest absolute Gasteiger partial charge is 0.353 e. The highest BCUT2D eigenvalue weighted by atomic mass is 32.2. The van der Waals surface area contributed by atoms with Crippen LogP contribution >= 0.6 is 11.8 Å². The zero-order chi connectivity index (χ0) is 12.8. The first-order valence-electron chi connectivity index (χ1n) is 7.31. The Morgan fingerprint density at radius 3 is 2.67 bits per heavy atom. The number of rotatable bonds is 4. The predicted molar refractivity (Wildman–Crippen MR) is 77.9 cm³/mol. The lowest BCUT2D eigenvalue weighted by Gasteiger charge is -2.29. The molecular weight excluding hydrogens is 244 g/mol. The van der Waals surface area contributed by atoms with Crippen molar-refractivity contribution in [1.82, 2.24) is 10.6 Å². The quantitative estimate of drug-likeness (QED) is 0.822. The normalized spacial score (nSPS) is 33.1. The molecule has 0 spiro atoms. The van der Waals surface area contributed by atoms with E-state index in [-0.39, 0.29) is 5.91 Å². The van der Waals surface area contributed by atoms with Crippen LogP contribution in [0.15, 0.2) is 0 Å². The summed E-state index contributed by atoms with van der Waals surface area (Å²) in [6.07, 6.45) is 10.2. The van der Waals surface area contributed by atoms with Crippen molar-refractivity contribution in [2.75, 3.05) is 19.3 Å². The number of thioether (sulfide) groups is 1. The maximum Gasteiger partial charge on any atom is 0.220 e. The lowest BCUT2D eigenvalue weighted by Crippen LogP contribution is -2.40. The SMILES string of the molecule is CSC1CCC(NC(=O)CC2CCCNC2)CC1. The van der Waals surface area contributed by atoms with Crippen molar-refractivity contribution in [3.63, 3.8) is 0 Å². The van der Waals surface area contributed by atoms with Gasteiger partial charge in [-0.05, 0) is 63.8 Å². The van der Waals surface area contributed by atoms with Gasteiger partial charge in [-0.25, -0.2) is 0 Å². The van der Waals surface area contributed by atoms with Crippen molar-refractivity contribution in [3.8, 4) is 0 Å². The molecule has 104 valence electrons. The number of nitrogens with one attached hydrogen (secondary N) is 2. The Morgan fingerprint density at radius 1 is 1.28 bits per heavy atom. The summed E-state index contributed by atoms with van der Waals surface area (Å²) >= 11 is 1.97. The van der Waals surface area contributed by atoms with Crippen LogP contribution in [-0.2, 0) is 4.79 Å². The molecule has 0 bridgehead atoms. The third-order valence-corrected chi connectivity index (χ3v) is 5.38. The summed E-state index contributed by atoms with van der Waals surface area (Å²) < 4.78 is 0. The Labute approximate surface area is 115 Å². The van der Waals surface area contributed by atoms with Gasteiger partial charge in [0.25, 0.3) is 0 Å². The Bertz CT molecular complexity index is 259. The van der Waals surface area contributed by atoms with Gasteiger partial charge in [-0.3, -0.25) is 4.79 Å². The average Bonchev–Trinajstić information content (AvgIpc) is 2.40. The monoisotopic (exact) mass is 270 g/mol. The van der Waals surface area contributed by atoms with Gasteiger partial charge in [-0.2, -0.15) is 11.8 Å². The van der Waals surface area contributed by atoms with Crippen molar-refractivity contribution in [2.45, 2.75) is 56.2 Å². The van der Waals surface area contributed by atoms with E-state index in [4.69, 9.17) is 0 Å². The van der Waals surface area contributed by atoms with Crippen LogP contribution in [0.1, 0.15) is 44.9 Å². The van der Waals surface area contributed by atoms with Gasteiger partial charge in [0.15, 0.2) is 0 Å². The van der Waals surface area contributed by atoms with Gasteiger partial charge >= 0.3 is 0 Å². The molecule has 1 aliphatic carbocycles. The van der Waals surface area contributed by atoms with Gasteiger partial charge in [0.1, 0.15) is 0 Å². The number of hydrogen-bond acceptors (Lipinski definition) is 3. The van der Waals surface area contributed by atoms with Crippen LogP contribution in [0, 0.1) is 5.92 Å². The zero-order valence-corrected chi connectivity index (χ0v) is 12.2. The van der Waals surface area contributed by atoms with E-state index in [0.29, 0.717) is 12.0 Å². The Hall–Kier alpha value is -0.220. The Balaban J connectivity index is 1.65. The summed E-state index contributed by atoms with van der Waals surface area (Å²) in [5, 5.41) is 7.43. The minimum absolute atomic E-state index is 0.274. The molecule has 18 heavy (non-hydrogen) atoms. The first-order chi connectivity index (χ1) is 8.78. The second-order valence-corrected chi connectivity index (χ2v) is 6.83. The van der Waals surface area contributed by atoms with E-state index >= 15 is 0 Å². The van der Waals surface area contributed by atoms with Gasteiger partial charge in [0.2, 0.25) is 5.91 Å². The maximum atomic E-state index is 12.0. The highest BCUT2D eigenvalue weighted by molar-refractivity contribution is 7.99. The Morgan fingerprint density at radius 2 is 2.06 bits per heavy atom. The van der Waals surface area contributed by atoms with E-state index in [1.165, 1.54) is 38.5 Å². The summed E-state index contributed by atoms with van der Waals surface area (Å²) in [4.78, 5) is 12.0. The van der Waals surface area contributed by atoms with E-state index in [2.05, 4.69) is 16.9 Å². The van der Waals surface area contributed by atoms with Crippen LogP contribution < -0.4 is 10.6 Å². The molecule has 4 heteroatoms. The molecule has 0 radical (unpaired) electrons. The highest BCUT2D eigenvalue weighted by Crippen LogP contribution is 2.27. The first-order valence-corrected chi connectivity index (χ1v) is 8.59. The van der Waals surface area contributed by atoms with Crippen LogP contribution in [0.25, 0.3) is 0 Å². The molecule has 2 rings (SSSR count). The van der Waals surface area contributed by atoms with E-state index in [1.807, 2.05) is 11.8 Å². The molecule has 2 fully saturated rings. The molecule has 0 aromatic heterocycles. The molecule has 1 aliphatic heterocycles. The van der Waals surface area contributed by atoms with Gasteiger partial charge in [-0.15, -0.1) is 0 Å². The van der Waals surface area contributed by atoms with E-state index in [9.17, 15) is 4.79 Å². The molecule has 2 aliphatic rings. The summed E-state index contributed by atoms with van der Waals surface area (Å²) in [7, 11) is 0. The standard InChI is InChI=1S/C14H26N2OS/c1-18-13-6-4-12(5-7-13)16-14(17)9-11-3-2-8-15-10-11/h11-13,15H,2-10H2,1H3,(H,16,17). The fourth-order valence-corrected chi connectivity index (χ4v) is 3.83. The molecule has 1 atom stereocenters. The first kappa shape index (κ1) is 14.2. The molecule has 1 unspecified atom stereocenters. The summed E-state index contributed by atoms with van der Waals surface area (Å²) in [5.74, 6) is 0.831. The van der Waals surface area contributed by atoms with Crippen LogP contribution in [0.3, 0.4) is 0 Å². The molecular formula is C14H26N2OS. The lowest BCUT2D eigenvalue weighted by molar-refractivity contribution is -0.123. The molecule has 1 saturated carbocycles. The van der Waals surface area contributed by atoms with E-state index in [1.54, 1.807) is 0 Å². The molecule has 0 aromatic carbocycles. The number of hydrogen-bond donors (Lipinski definition) is 2. The van der Waals surface area contributed by atoms with Crippen molar-refractivity contribution < 1.29 is 4.79 Å². The van der Waals surface area contributed by atoms with Crippen LogP contribution in [0.2, 0.25) is 0 Å². The Kier molecular flexibility index (Phi) is 5.83. The fraction of sp³-hybridized carbons (Fsp3) is 0.929. The van der Waals surface area contributed by atoms with Crippen molar-refractivity contribution in [2.24, 2.45) is 5.92 Å². The van der Waals surface area contributed by atoms with Crippen molar-refractivity contribution in [3.05, 3.63) is 0 Å². The van der Waals surface area contributed by atoms with Gasteiger partial charge in [0.05, 0.1) is 0 Å². The molecule has 2 N–H and O–H groups in total. The third-order valence-electron chi connectivity index (χ3n) is 4.25. The second kappa shape index (κ2) is 7.39. The molecule has 1 saturated heterocycles. The van der Waals surface area contributed by atoms with E-state index < -0.39 is 0 Å². The molecule has 1 amide bonds. The number of amides is 1. The maximum absolute atomic E-state index is 12.0. The summed E-state index contributed by atoms with van der Waals surface area (Å²) in [6.45, 7) is 2.14. The van der Waals surface area contributed by atoms with Gasteiger partial charge in [-0.1, -0.05) is 0 Å². The molecule has 1 heterocycles. The number of carbonyl (C=O) groups is 1. The van der Waals surface area contributed by atoms with Crippen molar-refractivity contribution in [1.29, 1.82) is 0 Å². The number of piperidine rings is 1. The highest BCUT2D eigenvalue weighted by Gasteiger charge is 2.23. The predicted octanol–water partition coefficient (Wildman–Crippen LogP) is 2.17. The molecule has 3 nitrogen and oxygen atoms in total. The van der Waals surface area contributed by atoms with Crippen molar-refractivity contribution >= 4 is 17.7 Å². The van der Waals surface area contributed by atoms with Crippen LogP contribution in [0.5, 0.6) is 0 Å². The third kappa shape index (κ3) is 4.47. The summed E-state index contributed by atoms with van der Waals surface area (Å²) in [6, 6.07) is 0.442. The van der Waals surface area contributed by atoms with E-state index in [0.717, 1.165) is 24.8 Å². The topological polar surface area (TPSA) is 41.1 Å². The summed E-state index contributed by atoms with van der Waals surface area (Å²) in [5.41, 5.74) is 0. The second-order valence-electron chi connectivity index (χ2n) is 5.69. The lowest BCUT2D eigenvalue weighted by atomic mass is 9.93. The minimum Gasteiger partial charge on any atom is -0.353 e. The number of carbonyl (C=O) groups excluding carboxylic acids is 1. The molecule has 0 aromatic rings. The van der Waals surface area contributed by atoms with Crippen LogP contribution in [0.4, 0.5) is 0 Å².